The number of esters is 1. The van der Waals surface area contributed by atoms with E-state index in [2.05, 4.69) is 9.97 Å². The zero-order valence-corrected chi connectivity index (χ0v) is 14.8. The minimum Gasteiger partial charge on any atom is -0.465 e. The van der Waals surface area contributed by atoms with E-state index in [9.17, 15) is 13.6 Å². The van der Waals surface area contributed by atoms with Crippen molar-refractivity contribution in [1.29, 1.82) is 0 Å². The molecule has 2 aromatic carbocycles. The van der Waals surface area contributed by atoms with E-state index in [-0.39, 0.29) is 19.0 Å². The number of halogens is 2. The SMILES string of the molecule is CCOC(=O)CN(Cc1ccccc1)c1nc(C(F)F)nc2ccccc12. The molecule has 0 unspecified atom stereocenters. The predicted molar refractivity (Wildman–Crippen MR) is 98.6 cm³/mol. The van der Waals surface area contributed by atoms with E-state index in [4.69, 9.17) is 4.74 Å². The predicted octanol–water partition coefficient (Wildman–Crippen LogP) is 4.14. The van der Waals surface area contributed by atoms with Gasteiger partial charge in [0.05, 0.1) is 12.1 Å². The summed E-state index contributed by atoms with van der Waals surface area (Å²) in [6, 6.07) is 16.3. The third-order valence-corrected chi connectivity index (χ3v) is 3.94. The molecule has 0 aliphatic rings. The maximum Gasteiger partial charge on any atom is 0.325 e. The number of hydrogen-bond acceptors (Lipinski definition) is 5. The summed E-state index contributed by atoms with van der Waals surface area (Å²) < 4.78 is 31.7. The van der Waals surface area contributed by atoms with E-state index >= 15 is 0 Å². The van der Waals surface area contributed by atoms with Gasteiger partial charge in [0.2, 0.25) is 0 Å². The molecule has 0 bridgehead atoms. The molecule has 27 heavy (non-hydrogen) atoms. The van der Waals surface area contributed by atoms with Gasteiger partial charge in [-0.1, -0.05) is 42.5 Å². The molecule has 0 saturated carbocycles. The van der Waals surface area contributed by atoms with Crippen LogP contribution in [-0.4, -0.2) is 29.1 Å². The van der Waals surface area contributed by atoms with E-state index in [0.717, 1.165) is 5.56 Å². The molecule has 7 heteroatoms. The fourth-order valence-electron chi connectivity index (χ4n) is 2.79. The number of carbonyl (C=O) groups is 1. The van der Waals surface area contributed by atoms with Crippen molar-refractivity contribution in [3.63, 3.8) is 0 Å². The van der Waals surface area contributed by atoms with Crippen LogP contribution in [0.3, 0.4) is 0 Å². The number of fused-ring (bicyclic) bond motifs is 1. The van der Waals surface area contributed by atoms with Crippen LogP contribution < -0.4 is 4.90 Å². The summed E-state index contributed by atoms with van der Waals surface area (Å²) in [6.45, 7) is 2.18. The van der Waals surface area contributed by atoms with Gasteiger partial charge in [0.25, 0.3) is 6.43 Å². The molecular formula is C20H19F2N3O2. The monoisotopic (exact) mass is 371 g/mol. The Morgan fingerprint density at radius 1 is 1.07 bits per heavy atom. The Kier molecular flexibility index (Phi) is 5.90. The van der Waals surface area contributed by atoms with Gasteiger partial charge < -0.3 is 9.64 Å². The van der Waals surface area contributed by atoms with E-state index < -0.39 is 18.2 Å². The summed E-state index contributed by atoms with van der Waals surface area (Å²) in [6.07, 6.45) is -2.81. The number of anilines is 1. The average molecular weight is 371 g/mol. The number of benzene rings is 2. The maximum atomic E-state index is 13.3. The van der Waals surface area contributed by atoms with E-state index in [1.54, 1.807) is 36.1 Å². The Balaban J connectivity index is 2.08. The molecule has 0 atom stereocenters. The summed E-state index contributed by atoms with van der Waals surface area (Å²) in [5.41, 5.74) is 1.32. The van der Waals surface area contributed by atoms with Crippen molar-refractivity contribution in [2.75, 3.05) is 18.1 Å². The molecule has 3 aromatic rings. The number of ether oxygens (including phenoxy) is 1. The summed E-state index contributed by atoms with van der Waals surface area (Å²) in [4.78, 5) is 21.8. The molecule has 1 aromatic heterocycles. The molecule has 0 spiro atoms. The van der Waals surface area contributed by atoms with Crippen molar-refractivity contribution in [1.82, 2.24) is 9.97 Å². The lowest BCUT2D eigenvalue weighted by Crippen LogP contribution is -2.32. The standard InChI is InChI=1S/C20H19F2N3O2/c1-2-27-17(26)13-25(12-14-8-4-3-5-9-14)20-15-10-6-7-11-16(15)23-19(24-20)18(21)22/h3-11,18H,2,12-13H2,1H3. The smallest absolute Gasteiger partial charge is 0.325 e. The number of para-hydroxylation sites is 1. The minimum absolute atomic E-state index is 0.105. The second-order valence-corrected chi connectivity index (χ2v) is 5.87. The highest BCUT2D eigenvalue weighted by Crippen LogP contribution is 2.28. The number of hydrogen-bond donors (Lipinski definition) is 0. The van der Waals surface area contributed by atoms with E-state index in [1.165, 1.54) is 0 Å². The zero-order valence-electron chi connectivity index (χ0n) is 14.8. The molecule has 0 amide bonds. The molecule has 0 N–H and O–H groups in total. The van der Waals surface area contributed by atoms with Gasteiger partial charge in [0, 0.05) is 11.9 Å². The van der Waals surface area contributed by atoms with Crippen LogP contribution >= 0.6 is 0 Å². The minimum atomic E-state index is -2.81. The fourth-order valence-corrected chi connectivity index (χ4v) is 2.79. The quantitative estimate of drug-likeness (QED) is 0.585. The van der Waals surface area contributed by atoms with Crippen LogP contribution in [0.1, 0.15) is 24.7 Å². The van der Waals surface area contributed by atoms with Crippen LogP contribution in [0.25, 0.3) is 10.9 Å². The molecule has 140 valence electrons. The second kappa shape index (κ2) is 8.53. The molecule has 1 heterocycles. The van der Waals surface area contributed by atoms with Gasteiger partial charge >= 0.3 is 5.97 Å². The van der Waals surface area contributed by atoms with Crippen LogP contribution in [0.15, 0.2) is 54.6 Å². The van der Waals surface area contributed by atoms with Crippen molar-refractivity contribution < 1.29 is 18.3 Å². The lowest BCUT2D eigenvalue weighted by atomic mass is 10.2. The first kappa shape index (κ1) is 18.7. The maximum absolute atomic E-state index is 13.3. The highest BCUT2D eigenvalue weighted by molar-refractivity contribution is 5.91. The van der Waals surface area contributed by atoms with Crippen molar-refractivity contribution in [3.05, 3.63) is 66.0 Å². The third-order valence-electron chi connectivity index (χ3n) is 3.94. The molecule has 0 fully saturated rings. The van der Waals surface area contributed by atoms with Crippen molar-refractivity contribution in [3.8, 4) is 0 Å². The largest absolute Gasteiger partial charge is 0.465 e. The number of carbonyl (C=O) groups excluding carboxylic acids is 1. The van der Waals surface area contributed by atoms with Crippen LogP contribution in [0.4, 0.5) is 14.6 Å². The van der Waals surface area contributed by atoms with Gasteiger partial charge in [-0.25, -0.2) is 18.7 Å². The molecule has 3 rings (SSSR count). The first-order valence-corrected chi connectivity index (χ1v) is 8.57. The number of nitrogens with zero attached hydrogens (tertiary/aromatic N) is 3. The number of rotatable bonds is 7. The molecule has 0 saturated heterocycles. The second-order valence-electron chi connectivity index (χ2n) is 5.87. The summed E-state index contributed by atoms with van der Waals surface area (Å²) in [7, 11) is 0. The zero-order chi connectivity index (χ0) is 19.2. The summed E-state index contributed by atoms with van der Waals surface area (Å²) >= 11 is 0. The fraction of sp³-hybridized carbons (Fsp3) is 0.250. The Morgan fingerprint density at radius 2 is 1.78 bits per heavy atom. The van der Waals surface area contributed by atoms with Gasteiger partial charge in [-0.05, 0) is 24.6 Å². The molecule has 0 aliphatic heterocycles. The van der Waals surface area contributed by atoms with Crippen LogP contribution in [0.5, 0.6) is 0 Å². The molecule has 5 nitrogen and oxygen atoms in total. The van der Waals surface area contributed by atoms with Gasteiger partial charge in [-0.15, -0.1) is 0 Å². The summed E-state index contributed by atoms with van der Waals surface area (Å²) in [5, 5.41) is 0.599. The molecular weight excluding hydrogens is 352 g/mol. The van der Waals surface area contributed by atoms with Gasteiger partial charge in [0.1, 0.15) is 12.4 Å². The summed E-state index contributed by atoms with van der Waals surface area (Å²) in [5.74, 6) is -0.729. The van der Waals surface area contributed by atoms with Crippen molar-refractivity contribution in [2.45, 2.75) is 19.9 Å². The third kappa shape index (κ3) is 4.55. The Bertz CT molecular complexity index is 920. The normalized spacial score (nSPS) is 11.0. The van der Waals surface area contributed by atoms with E-state index in [1.807, 2.05) is 30.3 Å². The average Bonchev–Trinajstić information content (AvgIpc) is 2.67. The lowest BCUT2D eigenvalue weighted by molar-refractivity contribution is -0.141. The van der Waals surface area contributed by atoms with Crippen LogP contribution in [-0.2, 0) is 16.1 Å². The highest BCUT2D eigenvalue weighted by Gasteiger charge is 2.21. The van der Waals surface area contributed by atoms with E-state index in [0.29, 0.717) is 17.4 Å². The Labute approximate surface area is 155 Å². The number of aromatic nitrogens is 2. The van der Waals surface area contributed by atoms with Gasteiger partial charge in [-0.3, -0.25) is 4.79 Å². The Morgan fingerprint density at radius 3 is 2.48 bits per heavy atom. The van der Waals surface area contributed by atoms with Gasteiger partial charge in [-0.2, -0.15) is 0 Å². The Hall–Kier alpha value is -3.09. The molecule has 0 radical (unpaired) electrons. The lowest BCUT2D eigenvalue weighted by Gasteiger charge is -2.24. The van der Waals surface area contributed by atoms with Crippen molar-refractivity contribution in [2.24, 2.45) is 0 Å². The first-order chi connectivity index (χ1) is 13.1. The topological polar surface area (TPSA) is 55.3 Å². The van der Waals surface area contributed by atoms with Crippen LogP contribution in [0.2, 0.25) is 0 Å². The first-order valence-electron chi connectivity index (χ1n) is 8.57. The van der Waals surface area contributed by atoms with Gasteiger partial charge in [0.15, 0.2) is 5.82 Å². The highest BCUT2D eigenvalue weighted by atomic mass is 19.3. The molecule has 0 aliphatic carbocycles. The number of alkyl halides is 2. The van der Waals surface area contributed by atoms with Crippen LogP contribution in [0, 0.1) is 0 Å². The van der Waals surface area contributed by atoms with Crippen molar-refractivity contribution >= 4 is 22.7 Å².